The van der Waals surface area contributed by atoms with E-state index in [-0.39, 0.29) is 11.4 Å². The minimum atomic E-state index is -0.882. The molecule has 3 nitrogen and oxygen atoms in total. The summed E-state index contributed by atoms with van der Waals surface area (Å²) < 4.78 is 10.8. The summed E-state index contributed by atoms with van der Waals surface area (Å²) >= 11 is 1.76. The van der Waals surface area contributed by atoms with Gasteiger partial charge in [0.25, 0.3) is 0 Å². The van der Waals surface area contributed by atoms with Crippen LogP contribution < -0.4 is 9.47 Å². The molecule has 4 heteroatoms. The van der Waals surface area contributed by atoms with Crippen molar-refractivity contribution in [1.29, 1.82) is 0 Å². The Morgan fingerprint density at radius 2 is 1.65 bits per heavy atom. The predicted octanol–water partition coefficient (Wildman–Crippen LogP) is 4.15. The van der Waals surface area contributed by atoms with Gasteiger partial charge in [0.2, 0.25) is 0 Å². The van der Waals surface area contributed by atoms with E-state index in [1.807, 2.05) is 49.4 Å². The van der Waals surface area contributed by atoms with Crippen molar-refractivity contribution < 1.29 is 14.6 Å². The molecule has 0 saturated heterocycles. The molecule has 0 heterocycles. The molecule has 0 bridgehead atoms. The van der Waals surface area contributed by atoms with Crippen LogP contribution in [0.4, 0.5) is 0 Å². The molecule has 0 aliphatic heterocycles. The summed E-state index contributed by atoms with van der Waals surface area (Å²) in [5.41, 5.74) is -0.882. The molecule has 23 heavy (non-hydrogen) atoms. The second kappa shape index (κ2) is 6.46. The van der Waals surface area contributed by atoms with Gasteiger partial charge in [0.05, 0.1) is 11.9 Å². The molecule has 1 fully saturated rings. The average molecular weight is 330 g/mol. The lowest BCUT2D eigenvalue weighted by Crippen LogP contribution is -2.44. The summed E-state index contributed by atoms with van der Waals surface area (Å²) in [7, 11) is 1.64. The lowest BCUT2D eigenvalue weighted by molar-refractivity contribution is 0.00330. The predicted molar refractivity (Wildman–Crippen MR) is 93.4 cm³/mol. The first-order valence-electron chi connectivity index (χ1n) is 7.78. The summed E-state index contributed by atoms with van der Waals surface area (Å²) in [6, 6.07) is 17.7. The average Bonchev–Trinajstić information content (AvgIpc) is 3.36. The highest BCUT2D eigenvalue weighted by Gasteiger charge is 2.57. The van der Waals surface area contributed by atoms with E-state index in [9.17, 15) is 5.11 Å². The lowest BCUT2D eigenvalue weighted by Gasteiger charge is -2.32. The van der Waals surface area contributed by atoms with Crippen LogP contribution in [0.1, 0.15) is 19.8 Å². The van der Waals surface area contributed by atoms with Gasteiger partial charge >= 0.3 is 0 Å². The zero-order valence-electron chi connectivity index (χ0n) is 13.5. The van der Waals surface area contributed by atoms with Crippen LogP contribution >= 0.6 is 11.8 Å². The third kappa shape index (κ3) is 3.65. The highest BCUT2D eigenvalue weighted by Crippen LogP contribution is 2.58. The van der Waals surface area contributed by atoms with Crippen molar-refractivity contribution >= 4 is 11.8 Å². The molecule has 1 aliphatic carbocycles. The molecule has 1 aliphatic rings. The second-order valence-electron chi connectivity index (χ2n) is 6.15. The fourth-order valence-corrected chi connectivity index (χ4v) is 3.93. The number of rotatable bonds is 7. The van der Waals surface area contributed by atoms with Crippen LogP contribution in [0, 0.1) is 0 Å². The fraction of sp³-hybridized carbons (Fsp3) is 0.368. The van der Waals surface area contributed by atoms with Crippen LogP contribution in [0.2, 0.25) is 0 Å². The summed E-state index contributed by atoms with van der Waals surface area (Å²) in [6.45, 7) is 2.15. The normalized spacial score (nSPS) is 18.0. The smallest absolute Gasteiger partial charge is 0.119 e. The van der Waals surface area contributed by atoms with E-state index in [0.717, 1.165) is 24.3 Å². The van der Waals surface area contributed by atoms with E-state index >= 15 is 0 Å². The van der Waals surface area contributed by atoms with Gasteiger partial charge in [0.1, 0.15) is 23.7 Å². The van der Waals surface area contributed by atoms with Gasteiger partial charge in [-0.15, -0.1) is 11.8 Å². The van der Waals surface area contributed by atoms with E-state index in [2.05, 4.69) is 12.1 Å². The number of aliphatic hydroxyl groups is 1. The van der Waals surface area contributed by atoms with Crippen molar-refractivity contribution in [2.45, 2.75) is 35.0 Å². The van der Waals surface area contributed by atoms with Crippen LogP contribution in [0.3, 0.4) is 0 Å². The van der Waals surface area contributed by atoms with E-state index in [1.54, 1.807) is 18.9 Å². The fourth-order valence-electron chi connectivity index (χ4n) is 2.61. The Hall–Kier alpha value is -1.65. The van der Waals surface area contributed by atoms with E-state index in [1.165, 1.54) is 4.90 Å². The quantitative estimate of drug-likeness (QED) is 0.828. The first kappa shape index (κ1) is 16.2. The molecule has 0 aromatic heterocycles. The number of methoxy groups -OCH3 is 1. The molecule has 0 radical (unpaired) electrons. The number of thioether (sulfide) groups is 1. The Bertz CT molecular complexity index is 633. The Labute approximate surface area is 141 Å². The van der Waals surface area contributed by atoms with Crippen molar-refractivity contribution in [3.8, 4) is 11.5 Å². The van der Waals surface area contributed by atoms with Gasteiger partial charge in [-0.3, -0.25) is 0 Å². The molecule has 122 valence electrons. The summed E-state index contributed by atoms with van der Waals surface area (Å²) in [4.78, 5) is 1.19. The van der Waals surface area contributed by atoms with Crippen LogP contribution in [0.15, 0.2) is 59.5 Å². The van der Waals surface area contributed by atoms with E-state index in [4.69, 9.17) is 9.47 Å². The maximum absolute atomic E-state index is 11.0. The van der Waals surface area contributed by atoms with Crippen LogP contribution in [0.5, 0.6) is 11.5 Å². The SMILES string of the molecule is COc1ccc(OCC(C)(O)C2(Sc3ccccc3)CC2)cc1. The van der Waals surface area contributed by atoms with Gasteiger partial charge in [-0.1, -0.05) is 18.2 Å². The maximum Gasteiger partial charge on any atom is 0.119 e. The third-order valence-corrected chi connectivity index (χ3v) is 6.07. The van der Waals surface area contributed by atoms with Gasteiger partial charge in [-0.2, -0.15) is 0 Å². The molecule has 1 saturated carbocycles. The van der Waals surface area contributed by atoms with Gasteiger partial charge in [0, 0.05) is 4.90 Å². The summed E-state index contributed by atoms with van der Waals surface area (Å²) in [5, 5.41) is 11.0. The molecular formula is C19H22O3S. The third-order valence-electron chi connectivity index (χ3n) is 4.32. The topological polar surface area (TPSA) is 38.7 Å². The zero-order chi connectivity index (χ0) is 16.3. The minimum Gasteiger partial charge on any atom is -0.497 e. The molecule has 1 atom stereocenters. The summed E-state index contributed by atoms with van der Waals surface area (Å²) in [6.07, 6.45) is 2.01. The Kier molecular flexibility index (Phi) is 4.55. The van der Waals surface area contributed by atoms with Gasteiger partial charge in [-0.05, 0) is 56.2 Å². The number of hydrogen-bond acceptors (Lipinski definition) is 4. The second-order valence-corrected chi connectivity index (χ2v) is 7.60. The van der Waals surface area contributed by atoms with Gasteiger partial charge in [-0.25, -0.2) is 0 Å². The van der Waals surface area contributed by atoms with Gasteiger partial charge < -0.3 is 14.6 Å². The molecule has 1 N–H and O–H groups in total. The largest absolute Gasteiger partial charge is 0.497 e. The maximum atomic E-state index is 11.0. The minimum absolute atomic E-state index is 0.152. The highest BCUT2D eigenvalue weighted by atomic mass is 32.2. The molecule has 0 amide bonds. The van der Waals surface area contributed by atoms with Crippen molar-refractivity contribution in [1.82, 2.24) is 0 Å². The monoisotopic (exact) mass is 330 g/mol. The molecule has 2 aromatic carbocycles. The van der Waals surface area contributed by atoms with E-state index in [0.29, 0.717) is 0 Å². The Morgan fingerprint density at radius 1 is 1.04 bits per heavy atom. The standard InChI is InChI=1S/C19H22O3S/c1-18(20,14-22-16-10-8-15(21-2)9-11-16)19(12-13-19)23-17-6-4-3-5-7-17/h3-11,20H,12-14H2,1-2H3. The highest BCUT2D eigenvalue weighted by molar-refractivity contribution is 8.01. The number of hydrogen-bond donors (Lipinski definition) is 1. The van der Waals surface area contributed by atoms with E-state index < -0.39 is 5.60 Å². The number of ether oxygens (including phenoxy) is 2. The molecule has 1 unspecified atom stereocenters. The molecular weight excluding hydrogens is 308 g/mol. The molecule has 0 spiro atoms. The zero-order valence-corrected chi connectivity index (χ0v) is 14.3. The lowest BCUT2D eigenvalue weighted by atomic mass is 10.0. The summed E-state index contributed by atoms with van der Waals surface area (Å²) in [5.74, 6) is 1.54. The van der Waals surface area contributed by atoms with Crippen LogP contribution in [-0.2, 0) is 0 Å². The Morgan fingerprint density at radius 3 is 2.22 bits per heavy atom. The number of benzene rings is 2. The Balaban J connectivity index is 1.63. The van der Waals surface area contributed by atoms with Crippen molar-refractivity contribution in [2.75, 3.05) is 13.7 Å². The van der Waals surface area contributed by atoms with Gasteiger partial charge in [0.15, 0.2) is 0 Å². The van der Waals surface area contributed by atoms with Crippen LogP contribution in [-0.4, -0.2) is 29.2 Å². The molecule has 3 rings (SSSR count). The molecule has 2 aromatic rings. The van der Waals surface area contributed by atoms with Crippen LogP contribution in [0.25, 0.3) is 0 Å². The first-order chi connectivity index (χ1) is 11.0. The van der Waals surface area contributed by atoms with Crippen molar-refractivity contribution in [2.24, 2.45) is 0 Å². The van der Waals surface area contributed by atoms with Crippen molar-refractivity contribution in [3.63, 3.8) is 0 Å². The van der Waals surface area contributed by atoms with Crippen molar-refractivity contribution in [3.05, 3.63) is 54.6 Å². The first-order valence-corrected chi connectivity index (χ1v) is 8.60.